The van der Waals surface area contributed by atoms with Gasteiger partial charge in [0.1, 0.15) is 18.4 Å². The van der Waals surface area contributed by atoms with Gasteiger partial charge in [-0.25, -0.2) is 4.79 Å². The standard InChI is InChI=1S/C25H32N4O5/c26-12-5-4-11-21(25(33)34)28-24(32)22(15-17-7-2-1-3-8-17)29-23(31)20(27)14-18-9-6-10-19(13-18)16-30/h1-3,6-10,13,16,20-22H,4-5,11-12,14-15,26-27H2,(H,28,32)(H,29,31)(H,33,34). The van der Waals surface area contributed by atoms with Gasteiger partial charge in [0, 0.05) is 12.0 Å². The minimum atomic E-state index is -1.15. The molecule has 0 saturated heterocycles. The van der Waals surface area contributed by atoms with Crippen molar-refractivity contribution in [1.82, 2.24) is 10.6 Å². The Labute approximate surface area is 198 Å². The molecular formula is C25H32N4O5. The van der Waals surface area contributed by atoms with Gasteiger partial charge < -0.3 is 27.2 Å². The highest BCUT2D eigenvalue weighted by Gasteiger charge is 2.28. The first-order chi connectivity index (χ1) is 16.3. The monoisotopic (exact) mass is 468 g/mol. The van der Waals surface area contributed by atoms with Crippen molar-refractivity contribution in [3.8, 4) is 0 Å². The molecule has 2 rings (SSSR count). The summed E-state index contributed by atoms with van der Waals surface area (Å²) in [6.07, 6.45) is 2.47. The van der Waals surface area contributed by atoms with Crippen LogP contribution >= 0.6 is 0 Å². The topological polar surface area (TPSA) is 165 Å². The van der Waals surface area contributed by atoms with E-state index in [0.717, 1.165) is 5.56 Å². The zero-order chi connectivity index (χ0) is 24.9. The van der Waals surface area contributed by atoms with Crippen LogP contribution in [0.25, 0.3) is 0 Å². The minimum Gasteiger partial charge on any atom is -0.480 e. The molecule has 9 heteroatoms. The molecule has 3 atom stereocenters. The summed E-state index contributed by atoms with van der Waals surface area (Å²) >= 11 is 0. The number of amides is 2. The Morgan fingerprint density at radius 1 is 0.882 bits per heavy atom. The molecule has 0 aromatic heterocycles. The van der Waals surface area contributed by atoms with Crippen molar-refractivity contribution in [2.45, 2.75) is 50.2 Å². The predicted octanol–water partition coefficient (Wildman–Crippen LogP) is 0.795. The van der Waals surface area contributed by atoms with Crippen LogP contribution in [0.5, 0.6) is 0 Å². The van der Waals surface area contributed by atoms with Crippen molar-refractivity contribution in [3.05, 3.63) is 71.3 Å². The lowest BCUT2D eigenvalue weighted by molar-refractivity contribution is -0.142. The van der Waals surface area contributed by atoms with Gasteiger partial charge in [-0.15, -0.1) is 0 Å². The second kappa shape index (κ2) is 13.9. The number of hydrogen-bond donors (Lipinski definition) is 5. The third-order valence-electron chi connectivity index (χ3n) is 5.36. The van der Waals surface area contributed by atoms with Gasteiger partial charge in [-0.05, 0) is 49.4 Å². The lowest BCUT2D eigenvalue weighted by Gasteiger charge is -2.23. The summed E-state index contributed by atoms with van der Waals surface area (Å²) in [5.74, 6) is -2.31. The molecule has 7 N–H and O–H groups in total. The molecule has 34 heavy (non-hydrogen) atoms. The molecule has 0 aliphatic heterocycles. The molecule has 0 bridgehead atoms. The summed E-state index contributed by atoms with van der Waals surface area (Å²) in [4.78, 5) is 48.4. The number of carbonyl (C=O) groups excluding carboxylic acids is 3. The number of hydrogen-bond acceptors (Lipinski definition) is 6. The lowest BCUT2D eigenvalue weighted by atomic mass is 10.0. The van der Waals surface area contributed by atoms with Gasteiger partial charge in [0.15, 0.2) is 0 Å². The van der Waals surface area contributed by atoms with Crippen LogP contribution in [0.1, 0.15) is 40.7 Å². The highest BCUT2D eigenvalue weighted by molar-refractivity contribution is 5.92. The molecule has 3 unspecified atom stereocenters. The number of aldehydes is 1. The molecule has 182 valence electrons. The van der Waals surface area contributed by atoms with E-state index in [1.807, 2.05) is 30.3 Å². The summed E-state index contributed by atoms with van der Waals surface area (Å²) in [6, 6.07) is 12.8. The number of aliphatic carboxylic acids is 1. The highest BCUT2D eigenvalue weighted by atomic mass is 16.4. The summed E-state index contributed by atoms with van der Waals surface area (Å²) in [6.45, 7) is 0.431. The van der Waals surface area contributed by atoms with Gasteiger partial charge in [-0.1, -0.05) is 48.5 Å². The van der Waals surface area contributed by atoms with E-state index in [1.54, 1.807) is 24.3 Å². The van der Waals surface area contributed by atoms with Crippen molar-refractivity contribution in [2.75, 3.05) is 6.54 Å². The second-order valence-electron chi connectivity index (χ2n) is 8.11. The molecule has 2 aromatic carbocycles. The molecule has 2 amide bonds. The molecule has 0 aliphatic rings. The first-order valence-electron chi connectivity index (χ1n) is 11.2. The number of carbonyl (C=O) groups is 4. The molecule has 0 spiro atoms. The van der Waals surface area contributed by atoms with Gasteiger partial charge in [-0.3, -0.25) is 14.4 Å². The second-order valence-corrected chi connectivity index (χ2v) is 8.11. The zero-order valence-electron chi connectivity index (χ0n) is 19.0. The first-order valence-corrected chi connectivity index (χ1v) is 11.2. The number of nitrogens with one attached hydrogen (secondary N) is 2. The van der Waals surface area contributed by atoms with Crippen molar-refractivity contribution < 1.29 is 24.3 Å². The van der Waals surface area contributed by atoms with Crippen LogP contribution in [0.4, 0.5) is 0 Å². The molecule has 0 heterocycles. The number of unbranched alkanes of at least 4 members (excludes halogenated alkanes) is 1. The SMILES string of the molecule is NCCCCC(NC(=O)C(Cc1ccccc1)NC(=O)C(N)Cc1cccc(C=O)c1)C(=O)O. The number of rotatable bonds is 14. The van der Waals surface area contributed by atoms with Crippen LogP contribution in [-0.4, -0.2) is 53.8 Å². The van der Waals surface area contributed by atoms with Crippen LogP contribution < -0.4 is 22.1 Å². The summed E-state index contributed by atoms with van der Waals surface area (Å²) in [5.41, 5.74) is 13.5. The molecule has 2 aromatic rings. The Kier molecular flexibility index (Phi) is 10.9. The van der Waals surface area contributed by atoms with Gasteiger partial charge in [-0.2, -0.15) is 0 Å². The van der Waals surface area contributed by atoms with Gasteiger partial charge in [0.05, 0.1) is 6.04 Å². The van der Waals surface area contributed by atoms with Crippen molar-refractivity contribution in [1.29, 1.82) is 0 Å². The molecule has 0 saturated carbocycles. The fourth-order valence-electron chi connectivity index (χ4n) is 3.50. The van der Waals surface area contributed by atoms with E-state index in [2.05, 4.69) is 10.6 Å². The van der Waals surface area contributed by atoms with E-state index in [0.29, 0.717) is 36.8 Å². The maximum absolute atomic E-state index is 13.0. The lowest BCUT2D eigenvalue weighted by Crippen LogP contribution is -2.55. The molecule has 0 aliphatic carbocycles. The van der Waals surface area contributed by atoms with Gasteiger partial charge in [0.2, 0.25) is 11.8 Å². The summed E-state index contributed by atoms with van der Waals surface area (Å²) < 4.78 is 0. The number of carboxylic acids is 1. The summed E-state index contributed by atoms with van der Waals surface area (Å²) in [7, 11) is 0. The normalized spacial score (nSPS) is 13.4. The van der Waals surface area contributed by atoms with Crippen LogP contribution in [0, 0.1) is 0 Å². The fraction of sp³-hybridized carbons (Fsp3) is 0.360. The zero-order valence-corrected chi connectivity index (χ0v) is 19.0. The molecule has 9 nitrogen and oxygen atoms in total. The maximum atomic E-state index is 13.0. The highest BCUT2D eigenvalue weighted by Crippen LogP contribution is 2.09. The van der Waals surface area contributed by atoms with Crippen LogP contribution in [-0.2, 0) is 27.2 Å². The van der Waals surface area contributed by atoms with Crippen LogP contribution in [0.2, 0.25) is 0 Å². The largest absolute Gasteiger partial charge is 0.480 e. The van der Waals surface area contributed by atoms with E-state index in [4.69, 9.17) is 11.5 Å². The van der Waals surface area contributed by atoms with Gasteiger partial charge >= 0.3 is 5.97 Å². The van der Waals surface area contributed by atoms with E-state index in [1.165, 1.54) is 0 Å². The van der Waals surface area contributed by atoms with Crippen LogP contribution in [0.15, 0.2) is 54.6 Å². The Morgan fingerprint density at radius 2 is 1.56 bits per heavy atom. The minimum absolute atomic E-state index is 0.168. The third kappa shape index (κ3) is 8.76. The Balaban J connectivity index is 2.11. The molecular weight excluding hydrogens is 436 g/mol. The first kappa shape index (κ1) is 26.7. The quantitative estimate of drug-likeness (QED) is 0.202. The van der Waals surface area contributed by atoms with Crippen LogP contribution in [0.3, 0.4) is 0 Å². The van der Waals surface area contributed by atoms with Crippen molar-refractivity contribution in [2.24, 2.45) is 11.5 Å². The van der Waals surface area contributed by atoms with E-state index < -0.39 is 35.9 Å². The number of benzene rings is 2. The number of carboxylic acid groups (broad SMARTS) is 1. The fourth-order valence-corrected chi connectivity index (χ4v) is 3.50. The Hall–Kier alpha value is -3.56. The van der Waals surface area contributed by atoms with E-state index in [9.17, 15) is 24.3 Å². The molecule has 0 fully saturated rings. The Bertz CT molecular complexity index is 967. The predicted molar refractivity (Wildman–Crippen MR) is 128 cm³/mol. The third-order valence-corrected chi connectivity index (χ3v) is 5.36. The average Bonchev–Trinajstić information content (AvgIpc) is 2.83. The average molecular weight is 469 g/mol. The maximum Gasteiger partial charge on any atom is 0.326 e. The van der Waals surface area contributed by atoms with Crippen molar-refractivity contribution in [3.63, 3.8) is 0 Å². The van der Waals surface area contributed by atoms with Gasteiger partial charge in [0.25, 0.3) is 0 Å². The smallest absolute Gasteiger partial charge is 0.326 e. The van der Waals surface area contributed by atoms with E-state index in [-0.39, 0.29) is 19.3 Å². The van der Waals surface area contributed by atoms with E-state index >= 15 is 0 Å². The summed E-state index contributed by atoms with van der Waals surface area (Å²) in [5, 5.41) is 14.7. The Morgan fingerprint density at radius 3 is 2.21 bits per heavy atom. The molecule has 0 radical (unpaired) electrons. The van der Waals surface area contributed by atoms with Crippen molar-refractivity contribution >= 4 is 24.1 Å². The number of nitrogens with two attached hydrogens (primary N) is 2.